The van der Waals surface area contributed by atoms with Crippen LogP contribution < -0.4 is 5.32 Å². The number of nitrogens with zero attached hydrogens (tertiary/aromatic N) is 1. The molecule has 0 unspecified atom stereocenters. The maximum atomic E-state index is 13.9. The zero-order valence-corrected chi connectivity index (χ0v) is 20.9. The molecule has 0 radical (unpaired) electrons. The number of aromatic amines is 1. The van der Waals surface area contributed by atoms with Crippen LogP contribution in [0.25, 0.3) is 11.0 Å². The number of hydrogen-bond donors (Lipinski definition) is 2. The van der Waals surface area contributed by atoms with Crippen molar-refractivity contribution in [3.63, 3.8) is 0 Å². The van der Waals surface area contributed by atoms with Crippen molar-refractivity contribution < 1.29 is 18.7 Å². The van der Waals surface area contributed by atoms with Gasteiger partial charge in [-0.2, -0.15) is 0 Å². The van der Waals surface area contributed by atoms with Gasteiger partial charge in [-0.05, 0) is 73.7 Å². The van der Waals surface area contributed by atoms with Crippen LogP contribution in [0.2, 0.25) is 0 Å². The minimum Gasteiger partial charge on any atom is -0.457 e. The SMILES string of the molecule is COCC(=O)O[C@]1(CCNCCCc2nc3ccccc3[nH]2)CCc2cc(F)ccc2[C@@H]1C(C)C. The number of para-hydroxylation sites is 2. The van der Waals surface area contributed by atoms with Crippen molar-refractivity contribution in [1.29, 1.82) is 0 Å². The molecule has 0 saturated heterocycles. The Morgan fingerprint density at radius 3 is 2.86 bits per heavy atom. The Morgan fingerprint density at radius 1 is 1.26 bits per heavy atom. The third-order valence-electron chi connectivity index (χ3n) is 7.00. The van der Waals surface area contributed by atoms with Crippen LogP contribution in [-0.4, -0.2) is 48.3 Å². The van der Waals surface area contributed by atoms with E-state index in [1.54, 1.807) is 6.07 Å². The Morgan fingerprint density at radius 2 is 2.09 bits per heavy atom. The molecule has 0 amide bonds. The van der Waals surface area contributed by atoms with Crippen molar-refractivity contribution in [2.24, 2.45) is 5.92 Å². The summed E-state index contributed by atoms with van der Waals surface area (Å²) < 4.78 is 25.1. The molecule has 1 heterocycles. The van der Waals surface area contributed by atoms with Crippen molar-refractivity contribution >= 4 is 17.0 Å². The first kappa shape index (κ1) is 25.3. The molecule has 35 heavy (non-hydrogen) atoms. The number of carbonyl (C=O) groups excluding carboxylic acids is 1. The standard InChI is InChI=1S/C28H36FN3O3/c1-19(2)27-22-11-10-21(29)17-20(22)12-13-28(27,35-26(33)18-34-3)14-16-30-15-6-9-25-31-23-7-4-5-8-24(23)32-25/h4-5,7-8,10-11,17,19,27,30H,6,9,12-16,18H2,1-3H3,(H,31,32)/t27-,28-/m0/s1. The van der Waals surface area contributed by atoms with Crippen LogP contribution in [0, 0.1) is 11.7 Å². The quantitative estimate of drug-likeness (QED) is 0.300. The molecule has 7 heteroatoms. The van der Waals surface area contributed by atoms with E-state index >= 15 is 0 Å². The molecule has 3 aromatic rings. The number of rotatable bonds is 11. The van der Waals surface area contributed by atoms with Gasteiger partial charge in [0.15, 0.2) is 0 Å². The first-order valence-electron chi connectivity index (χ1n) is 12.6. The number of H-pyrrole nitrogens is 1. The zero-order chi connectivity index (χ0) is 24.8. The topological polar surface area (TPSA) is 76.2 Å². The Kier molecular flexibility index (Phi) is 8.19. The minimum absolute atomic E-state index is 0.00926. The maximum Gasteiger partial charge on any atom is 0.332 e. The Balaban J connectivity index is 1.40. The molecule has 2 aromatic carbocycles. The molecule has 0 bridgehead atoms. The summed E-state index contributed by atoms with van der Waals surface area (Å²) in [6.45, 7) is 5.77. The van der Waals surface area contributed by atoms with Crippen LogP contribution in [0.4, 0.5) is 4.39 Å². The Bertz CT molecular complexity index is 1110. The lowest BCUT2D eigenvalue weighted by Crippen LogP contribution is -2.49. The Hall–Kier alpha value is -2.77. The van der Waals surface area contributed by atoms with Gasteiger partial charge in [-0.25, -0.2) is 14.2 Å². The number of hydrogen-bond acceptors (Lipinski definition) is 5. The summed E-state index contributed by atoms with van der Waals surface area (Å²) >= 11 is 0. The highest BCUT2D eigenvalue weighted by Crippen LogP contribution is 2.48. The molecule has 1 aliphatic rings. The van der Waals surface area contributed by atoms with Gasteiger partial charge >= 0.3 is 5.97 Å². The number of halogens is 1. The molecule has 0 saturated carbocycles. The minimum atomic E-state index is -0.652. The number of methoxy groups -OCH3 is 1. The molecule has 0 spiro atoms. The van der Waals surface area contributed by atoms with Crippen LogP contribution in [0.1, 0.15) is 56.0 Å². The van der Waals surface area contributed by atoms with Crippen LogP contribution >= 0.6 is 0 Å². The Labute approximate surface area is 206 Å². The van der Waals surface area contributed by atoms with E-state index in [1.807, 2.05) is 30.3 Å². The summed E-state index contributed by atoms with van der Waals surface area (Å²) in [5, 5.41) is 3.54. The highest BCUT2D eigenvalue weighted by atomic mass is 19.1. The molecular formula is C28H36FN3O3. The van der Waals surface area contributed by atoms with Crippen LogP contribution in [0.5, 0.6) is 0 Å². The lowest BCUT2D eigenvalue weighted by molar-refractivity contribution is -0.171. The molecule has 4 rings (SSSR count). The number of imidazole rings is 1. The van der Waals surface area contributed by atoms with Gasteiger partial charge in [0, 0.05) is 25.9 Å². The second kappa shape index (κ2) is 11.3. The molecule has 6 nitrogen and oxygen atoms in total. The van der Waals surface area contributed by atoms with Crippen molar-refractivity contribution in [3.05, 3.63) is 65.2 Å². The van der Waals surface area contributed by atoms with Crippen LogP contribution in [-0.2, 0) is 27.1 Å². The van der Waals surface area contributed by atoms with E-state index in [1.165, 1.54) is 13.2 Å². The van der Waals surface area contributed by atoms with Gasteiger partial charge in [0.1, 0.15) is 23.8 Å². The maximum absolute atomic E-state index is 13.9. The summed E-state index contributed by atoms with van der Waals surface area (Å²) in [5.41, 5.74) is 3.50. The van der Waals surface area contributed by atoms with Crippen molar-refractivity contribution in [2.75, 3.05) is 26.8 Å². The van der Waals surface area contributed by atoms with Gasteiger partial charge in [0.05, 0.1) is 11.0 Å². The number of aryl methyl sites for hydroxylation is 2. The predicted octanol–water partition coefficient (Wildman–Crippen LogP) is 4.93. The number of aromatic nitrogens is 2. The summed E-state index contributed by atoms with van der Waals surface area (Å²) in [4.78, 5) is 20.6. The third-order valence-corrected chi connectivity index (χ3v) is 7.00. The number of fused-ring (bicyclic) bond motifs is 2. The number of esters is 1. The predicted molar refractivity (Wildman–Crippen MR) is 135 cm³/mol. The molecular weight excluding hydrogens is 445 g/mol. The summed E-state index contributed by atoms with van der Waals surface area (Å²) in [5.74, 6) is 0.636. The van der Waals surface area contributed by atoms with E-state index in [-0.39, 0.29) is 30.2 Å². The van der Waals surface area contributed by atoms with E-state index in [9.17, 15) is 9.18 Å². The highest BCUT2D eigenvalue weighted by molar-refractivity contribution is 5.74. The van der Waals surface area contributed by atoms with E-state index in [2.05, 4.69) is 29.1 Å². The van der Waals surface area contributed by atoms with Crippen LogP contribution in [0.3, 0.4) is 0 Å². The second-order valence-electron chi connectivity index (χ2n) is 9.84. The fraction of sp³-hybridized carbons (Fsp3) is 0.500. The van der Waals surface area contributed by atoms with Gasteiger partial charge in [0.25, 0.3) is 0 Å². The molecule has 2 atom stereocenters. The van der Waals surface area contributed by atoms with E-state index < -0.39 is 5.60 Å². The van der Waals surface area contributed by atoms with Gasteiger partial charge in [-0.3, -0.25) is 0 Å². The number of carbonyl (C=O) groups is 1. The van der Waals surface area contributed by atoms with Gasteiger partial charge in [-0.1, -0.05) is 32.0 Å². The average Bonchev–Trinajstić information content (AvgIpc) is 3.24. The first-order valence-corrected chi connectivity index (χ1v) is 12.6. The number of nitrogens with one attached hydrogen (secondary N) is 2. The fourth-order valence-corrected chi connectivity index (χ4v) is 5.60. The molecule has 1 aliphatic carbocycles. The highest BCUT2D eigenvalue weighted by Gasteiger charge is 2.47. The van der Waals surface area contributed by atoms with Crippen molar-refractivity contribution in [1.82, 2.24) is 15.3 Å². The first-order chi connectivity index (χ1) is 16.9. The molecule has 0 fully saturated rings. The average molecular weight is 482 g/mol. The van der Waals surface area contributed by atoms with E-state index in [0.29, 0.717) is 19.3 Å². The summed E-state index contributed by atoms with van der Waals surface area (Å²) in [6, 6.07) is 13.1. The summed E-state index contributed by atoms with van der Waals surface area (Å²) in [7, 11) is 1.50. The van der Waals surface area contributed by atoms with Crippen molar-refractivity contribution in [3.8, 4) is 0 Å². The normalized spacial score (nSPS) is 19.7. The largest absolute Gasteiger partial charge is 0.457 e. The van der Waals surface area contributed by atoms with Crippen molar-refractivity contribution in [2.45, 2.75) is 57.5 Å². The lowest BCUT2D eigenvalue weighted by Gasteiger charge is -2.46. The molecule has 0 aliphatic heterocycles. The van der Waals surface area contributed by atoms with E-state index in [0.717, 1.165) is 53.9 Å². The number of ether oxygens (including phenoxy) is 2. The third kappa shape index (κ3) is 5.90. The van der Waals surface area contributed by atoms with Gasteiger partial charge < -0.3 is 19.8 Å². The van der Waals surface area contributed by atoms with E-state index in [4.69, 9.17) is 9.47 Å². The van der Waals surface area contributed by atoms with Gasteiger partial charge in [-0.15, -0.1) is 0 Å². The lowest BCUT2D eigenvalue weighted by atomic mass is 9.65. The van der Waals surface area contributed by atoms with Gasteiger partial charge in [0.2, 0.25) is 0 Å². The summed E-state index contributed by atoms with van der Waals surface area (Å²) in [6.07, 6.45) is 3.85. The molecule has 188 valence electrons. The zero-order valence-electron chi connectivity index (χ0n) is 20.9. The van der Waals surface area contributed by atoms with Crippen LogP contribution in [0.15, 0.2) is 42.5 Å². The monoisotopic (exact) mass is 481 g/mol. The molecule has 2 N–H and O–H groups in total. The second-order valence-corrected chi connectivity index (χ2v) is 9.84. The fourth-order valence-electron chi connectivity index (χ4n) is 5.60. The molecule has 1 aromatic heterocycles. The smallest absolute Gasteiger partial charge is 0.332 e. The number of benzene rings is 2.